The van der Waals surface area contributed by atoms with Gasteiger partial charge in [-0.25, -0.2) is 0 Å². The van der Waals surface area contributed by atoms with Crippen LogP contribution in [-0.4, -0.2) is 56.4 Å². The van der Waals surface area contributed by atoms with Crippen molar-refractivity contribution in [2.75, 3.05) is 40.5 Å². The van der Waals surface area contributed by atoms with Gasteiger partial charge in [0.1, 0.15) is 12.4 Å². The lowest BCUT2D eigenvalue weighted by atomic mass is 10.1. The van der Waals surface area contributed by atoms with E-state index in [1.165, 1.54) is 15.0 Å². The largest absolute Gasteiger partial charge is 0.496 e. The molecule has 0 saturated carbocycles. The van der Waals surface area contributed by atoms with E-state index in [0.29, 0.717) is 19.6 Å². The molecule has 0 atom stereocenters. The SMILES string of the molecule is COc1cc2sccc2cc1CCOCC(=O)N(C)CCO. The normalized spacial score (nSPS) is 10.9. The number of benzene rings is 1. The Morgan fingerprint density at radius 2 is 2.23 bits per heavy atom. The molecule has 0 spiro atoms. The summed E-state index contributed by atoms with van der Waals surface area (Å²) >= 11 is 1.68. The number of nitrogens with zero attached hydrogens (tertiary/aromatic N) is 1. The Labute approximate surface area is 134 Å². The number of rotatable bonds is 8. The number of likely N-dealkylation sites (N-methyl/N-ethyl adjacent to an activating group) is 1. The smallest absolute Gasteiger partial charge is 0.248 e. The van der Waals surface area contributed by atoms with Gasteiger partial charge >= 0.3 is 0 Å². The third-order valence-corrected chi connectivity index (χ3v) is 4.34. The van der Waals surface area contributed by atoms with Crippen LogP contribution in [0.3, 0.4) is 0 Å². The van der Waals surface area contributed by atoms with E-state index in [-0.39, 0.29) is 19.1 Å². The Hall–Kier alpha value is -1.63. The zero-order valence-corrected chi connectivity index (χ0v) is 13.7. The molecule has 0 bridgehead atoms. The monoisotopic (exact) mass is 323 g/mol. The van der Waals surface area contributed by atoms with E-state index in [1.54, 1.807) is 25.5 Å². The van der Waals surface area contributed by atoms with Crippen molar-refractivity contribution in [3.63, 3.8) is 0 Å². The second kappa shape index (κ2) is 8.12. The highest BCUT2D eigenvalue weighted by atomic mass is 32.1. The first-order valence-electron chi connectivity index (χ1n) is 7.12. The zero-order valence-electron chi connectivity index (χ0n) is 12.9. The molecule has 1 aromatic heterocycles. The number of carbonyl (C=O) groups excluding carboxylic acids is 1. The lowest BCUT2D eigenvalue weighted by Crippen LogP contribution is -2.32. The lowest BCUT2D eigenvalue weighted by molar-refractivity contribution is -0.135. The Morgan fingerprint density at radius 1 is 1.41 bits per heavy atom. The summed E-state index contributed by atoms with van der Waals surface area (Å²) in [5.74, 6) is 0.719. The summed E-state index contributed by atoms with van der Waals surface area (Å²) in [6.45, 7) is 0.759. The molecule has 2 aromatic rings. The summed E-state index contributed by atoms with van der Waals surface area (Å²) < 4.78 is 12.0. The molecule has 6 heteroatoms. The molecule has 22 heavy (non-hydrogen) atoms. The first-order chi connectivity index (χ1) is 10.7. The maximum absolute atomic E-state index is 11.7. The molecule has 5 nitrogen and oxygen atoms in total. The Bertz CT molecular complexity index is 626. The molecular formula is C16H21NO4S. The summed E-state index contributed by atoms with van der Waals surface area (Å²) in [4.78, 5) is 13.1. The Balaban J connectivity index is 1.87. The highest BCUT2D eigenvalue weighted by Gasteiger charge is 2.09. The van der Waals surface area contributed by atoms with Gasteiger partial charge in [-0.3, -0.25) is 4.79 Å². The number of methoxy groups -OCH3 is 1. The van der Waals surface area contributed by atoms with Crippen LogP contribution in [0.15, 0.2) is 23.6 Å². The molecule has 1 amide bonds. The van der Waals surface area contributed by atoms with E-state index in [0.717, 1.165) is 11.3 Å². The van der Waals surface area contributed by atoms with Crippen LogP contribution in [0.1, 0.15) is 5.56 Å². The molecule has 0 radical (unpaired) electrons. The van der Waals surface area contributed by atoms with Gasteiger partial charge in [0.05, 0.1) is 20.3 Å². The fourth-order valence-corrected chi connectivity index (χ4v) is 2.95. The summed E-state index contributed by atoms with van der Waals surface area (Å²) in [7, 11) is 3.31. The van der Waals surface area contributed by atoms with Crippen LogP contribution in [0, 0.1) is 0 Å². The average molecular weight is 323 g/mol. The highest BCUT2D eigenvalue weighted by molar-refractivity contribution is 7.17. The predicted molar refractivity (Wildman–Crippen MR) is 87.6 cm³/mol. The zero-order chi connectivity index (χ0) is 15.9. The lowest BCUT2D eigenvalue weighted by Gasteiger charge is -2.15. The van der Waals surface area contributed by atoms with Crippen LogP contribution in [0.2, 0.25) is 0 Å². The van der Waals surface area contributed by atoms with Gasteiger partial charge in [0.25, 0.3) is 0 Å². The molecule has 1 aromatic carbocycles. The number of fused-ring (bicyclic) bond motifs is 1. The van der Waals surface area contributed by atoms with Gasteiger partial charge < -0.3 is 19.5 Å². The van der Waals surface area contributed by atoms with E-state index < -0.39 is 0 Å². The van der Waals surface area contributed by atoms with Gasteiger partial charge in [0, 0.05) is 18.3 Å². The van der Waals surface area contributed by atoms with Crippen molar-refractivity contribution in [1.29, 1.82) is 0 Å². The van der Waals surface area contributed by atoms with Crippen molar-refractivity contribution < 1.29 is 19.4 Å². The first kappa shape index (κ1) is 16.7. The van der Waals surface area contributed by atoms with E-state index in [9.17, 15) is 4.79 Å². The fourth-order valence-electron chi connectivity index (χ4n) is 2.15. The van der Waals surface area contributed by atoms with Crippen LogP contribution in [0.5, 0.6) is 5.75 Å². The summed E-state index contributed by atoms with van der Waals surface area (Å²) in [5.41, 5.74) is 1.07. The van der Waals surface area contributed by atoms with Crippen molar-refractivity contribution in [2.45, 2.75) is 6.42 Å². The van der Waals surface area contributed by atoms with Crippen molar-refractivity contribution >= 4 is 27.3 Å². The number of aliphatic hydroxyl groups excluding tert-OH is 1. The number of hydrogen-bond acceptors (Lipinski definition) is 5. The summed E-state index contributed by atoms with van der Waals surface area (Å²) in [6.07, 6.45) is 0.686. The Kier molecular flexibility index (Phi) is 6.18. The second-order valence-electron chi connectivity index (χ2n) is 4.96. The topological polar surface area (TPSA) is 59.0 Å². The van der Waals surface area contributed by atoms with Crippen molar-refractivity contribution in [2.24, 2.45) is 0 Å². The molecular weight excluding hydrogens is 302 g/mol. The average Bonchev–Trinajstić information content (AvgIpc) is 2.97. The number of aliphatic hydroxyl groups is 1. The molecule has 2 rings (SSSR count). The standard InChI is InChI=1S/C16H21NO4S/c1-17(5-6-18)16(19)11-21-7-3-12-9-13-4-8-22-15(13)10-14(12)20-2/h4,8-10,18H,3,5-7,11H2,1-2H3. The molecule has 1 heterocycles. The molecule has 0 aliphatic carbocycles. The number of carbonyl (C=O) groups is 1. The number of hydrogen-bond donors (Lipinski definition) is 1. The van der Waals surface area contributed by atoms with Gasteiger partial charge in [0.15, 0.2) is 0 Å². The molecule has 0 unspecified atom stereocenters. The second-order valence-corrected chi connectivity index (χ2v) is 5.91. The summed E-state index contributed by atoms with van der Waals surface area (Å²) in [5, 5.41) is 12.0. The maximum atomic E-state index is 11.7. The van der Waals surface area contributed by atoms with Crippen LogP contribution >= 0.6 is 11.3 Å². The molecule has 0 saturated heterocycles. The third-order valence-electron chi connectivity index (χ3n) is 3.46. The number of amides is 1. The molecule has 0 aliphatic heterocycles. The predicted octanol–water partition coefficient (Wildman–Crippen LogP) is 1.92. The van der Waals surface area contributed by atoms with Crippen LogP contribution in [0.4, 0.5) is 0 Å². The summed E-state index contributed by atoms with van der Waals surface area (Å²) in [6, 6.07) is 6.22. The van der Waals surface area contributed by atoms with Crippen molar-refractivity contribution in [3.8, 4) is 5.75 Å². The maximum Gasteiger partial charge on any atom is 0.248 e. The van der Waals surface area contributed by atoms with Crippen LogP contribution < -0.4 is 4.74 Å². The quantitative estimate of drug-likeness (QED) is 0.754. The van der Waals surface area contributed by atoms with Gasteiger partial charge in [-0.05, 0) is 40.9 Å². The highest BCUT2D eigenvalue weighted by Crippen LogP contribution is 2.29. The van der Waals surface area contributed by atoms with E-state index in [4.69, 9.17) is 14.6 Å². The minimum atomic E-state index is -0.130. The fraction of sp³-hybridized carbons (Fsp3) is 0.438. The molecule has 0 aliphatic rings. The van der Waals surface area contributed by atoms with Crippen molar-refractivity contribution in [3.05, 3.63) is 29.1 Å². The van der Waals surface area contributed by atoms with E-state index in [2.05, 4.69) is 17.5 Å². The van der Waals surface area contributed by atoms with Gasteiger partial charge in [-0.1, -0.05) is 0 Å². The minimum absolute atomic E-state index is 0.0273. The van der Waals surface area contributed by atoms with Gasteiger partial charge in [-0.2, -0.15) is 0 Å². The van der Waals surface area contributed by atoms with Crippen molar-refractivity contribution in [1.82, 2.24) is 4.90 Å². The van der Waals surface area contributed by atoms with E-state index >= 15 is 0 Å². The van der Waals surface area contributed by atoms with Crippen LogP contribution in [0.25, 0.3) is 10.1 Å². The van der Waals surface area contributed by atoms with Crippen LogP contribution in [-0.2, 0) is 16.0 Å². The van der Waals surface area contributed by atoms with E-state index in [1.807, 2.05) is 6.07 Å². The van der Waals surface area contributed by atoms with Gasteiger partial charge in [0.2, 0.25) is 5.91 Å². The Morgan fingerprint density at radius 3 is 2.95 bits per heavy atom. The number of thiophene rings is 1. The molecule has 0 fully saturated rings. The molecule has 1 N–H and O–H groups in total. The third kappa shape index (κ3) is 4.19. The van der Waals surface area contributed by atoms with Gasteiger partial charge in [-0.15, -0.1) is 11.3 Å². The molecule has 120 valence electrons. The number of ether oxygens (including phenoxy) is 2. The minimum Gasteiger partial charge on any atom is -0.496 e. The first-order valence-corrected chi connectivity index (χ1v) is 8.00.